The van der Waals surface area contributed by atoms with Crippen molar-refractivity contribution in [3.05, 3.63) is 30.3 Å². The van der Waals surface area contributed by atoms with E-state index in [2.05, 4.69) is 29.3 Å². The van der Waals surface area contributed by atoms with Gasteiger partial charge < -0.3 is 20.0 Å². The largest absolute Gasteiger partial charge is 0.365 e. The lowest BCUT2D eigenvalue weighted by Gasteiger charge is -2.41. The standard InChI is InChI=1S/C19H28N4O2/c1-16-15-22(12-13-23(16)17-8-4-2-5-9-17)19(25)20-14-18(24)21-10-6-3-7-11-21/h2,4-5,8-9,16H,3,6-7,10-15H2,1H3,(H,20,25). The maximum Gasteiger partial charge on any atom is 0.317 e. The second-order valence-corrected chi connectivity index (χ2v) is 6.92. The number of nitrogens with zero attached hydrogens (tertiary/aromatic N) is 3. The number of likely N-dealkylation sites (tertiary alicyclic amines) is 1. The Kier molecular flexibility index (Phi) is 5.79. The molecular weight excluding hydrogens is 316 g/mol. The molecule has 0 aromatic heterocycles. The van der Waals surface area contributed by atoms with E-state index in [1.54, 1.807) is 0 Å². The predicted molar refractivity (Wildman–Crippen MR) is 98.7 cm³/mol. The number of rotatable bonds is 3. The van der Waals surface area contributed by atoms with Crippen LogP contribution < -0.4 is 10.2 Å². The molecule has 2 aliphatic rings. The molecule has 3 rings (SSSR count). The summed E-state index contributed by atoms with van der Waals surface area (Å²) in [4.78, 5) is 30.6. The summed E-state index contributed by atoms with van der Waals surface area (Å²) in [5.74, 6) is 0.0315. The molecule has 2 aliphatic heterocycles. The van der Waals surface area contributed by atoms with E-state index in [0.717, 1.165) is 32.5 Å². The smallest absolute Gasteiger partial charge is 0.317 e. The van der Waals surface area contributed by atoms with Gasteiger partial charge in [-0.15, -0.1) is 0 Å². The van der Waals surface area contributed by atoms with Crippen LogP contribution in [0.25, 0.3) is 0 Å². The van der Waals surface area contributed by atoms with Gasteiger partial charge in [-0.1, -0.05) is 18.2 Å². The van der Waals surface area contributed by atoms with Crippen LogP contribution in [0.2, 0.25) is 0 Å². The Labute approximate surface area is 149 Å². The van der Waals surface area contributed by atoms with E-state index >= 15 is 0 Å². The highest BCUT2D eigenvalue weighted by atomic mass is 16.2. The van der Waals surface area contributed by atoms with Gasteiger partial charge >= 0.3 is 6.03 Å². The van der Waals surface area contributed by atoms with Crippen LogP contribution in [-0.2, 0) is 4.79 Å². The first kappa shape index (κ1) is 17.6. The van der Waals surface area contributed by atoms with Crippen LogP contribution in [0.4, 0.5) is 10.5 Å². The van der Waals surface area contributed by atoms with Gasteiger partial charge in [0.05, 0.1) is 6.54 Å². The molecule has 1 unspecified atom stereocenters. The number of amides is 3. The second kappa shape index (κ2) is 8.23. The fourth-order valence-corrected chi connectivity index (χ4v) is 3.66. The van der Waals surface area contributed by atoms with E-state index in [-0.39, 0.29) is 24.5 Å². The number of piperazine rings is 1. The zero-order valence-electron chi connectivity index (χ0n) is 15.0. The first-order valence-corrected chi connectivity index (χ1v) is 9.27. The monoisotopic (exact) mass is 344 g/mol. The summed E-state index contributed by atoms with van der Waals surface area (Å²) in [6.07, 6.45) is 3.33. The Hall–Kier alpha value is -2.24. The van der Waals surface area contributed by atoms with Gasteiger partial charge in [0.1, 0.15) is 0 Å². The fraction of sp³-hybridized carbons (Fsp3) is 0.579. The van der Waals surface area contributed by atoms with Crippen LogP contribution in [0.15, 0.2) is 30.3 Å². The van der Waals surface area contributed by atoms with E-state index < -0.39 is 0 Å². The van der Waals surface area contributed by atoms with Gasteiger partial charge in [-0.2, -0.15) is 0 Å². The molecule has 0 spiro atoms. The topological polar surface area (TPSA) is 55.9 Å². The summed E-state index contributed by atoms with van der Waals surface area (Å²) in [6.45, 7) is 6.01. The lowest BCUT2D eigenvalue weighted by molar-refractivity contribution is -0.130. The Morgan fingerprint density at radius 3 is 2.40 bits per heavy atom. The number of urea groups is 1. The first-order valence-electron chi connectivity index (χ1n) is 9.27. The van der Waals surface area contributed by atoms with Crippen LogP contribution in [0.5, 0.6) is 0 Å². The number of piperidine rings is 1. The molecule has 1 aromatic rings. The van der Waals surface area contributed by atoms with Crippen molar-refractivity contribution in [1.29, 1.82) is 0 Å². The number of carbonyl (C=O) groups is 2. The van der Waals surface area contributed by atoms with Crippen LogP contribution in [0.3, 0.4) is 0 Å². The van der Waals surface area contributed by atoms with Crippen molar-refractivity contribution in [3.63, 3.8) is 0 Å². The molecule has 136 valence electrons. The minimum Gasteiger partial charge on any atom is -0.365 e. The highest BCUT2D eigenvalue weighted by molar-refractivity contribution is 5.84. The third-order valence-corrected chi connectivity index (χ3v) is 5.10. The molecule has 1 atom stereocenters. The van der Waals surface area contributed by atoms with E-state index in [1.165, 1.54) is 12.1 Å². The molecule has 2 fully saturated rings. The van der Waals surface area contributed by atoms with Gasteiger partial charge in [0, 0.05) is 44.5 Å². The molecule has 6 nitrogen and oxygen atoms in total. The summed E-state index contributed by atoms with van der Waals surface area (Å²) in [5, 5.41) is 2.80. The average Bonchev–Trinajstić information content (AvgIpc) is 2.67. The average molecular weight is 344 g/mol. The minimum atomic E-state index is -0.134. The van der Waals surface area contributed by atoms with Gasteiger partial charge in [-0.05, 0) is 38.3 Å². The number of nitrogens with one attached hydrogen (secondary N) is 1. The highest BCUT2D eigenvalue weighted by Gasteiger charge is 2.27. The Morgan fingerprint density at radius 1 is 1.00 bits per heavy atom. The SMILES string of the molecule is CC1CN(C(=O)NCC(=O)N2CCCCC2)CCN1c1ccccc1. The van der Waals surface area contributed by atoms with Gasteiger partial charge in [0.15, 0.2) is 0 Å². The molecule has 1 aromatic carbocycles. The molecule has 0 bridgehead atoms. The minimum absolute atomic E-state index is 0.0315. The summed E-state index contributed by atoms with van der Waals surface area (Å²) in [6, 6.07) is 10.4. The molecule has 1 N–H and O–H groups in total. The Bertz CT molecular complexity index is 586. The molecule has 0 radical (unpaired) electrons. The molecular formula is C19H28N4O2. The lowest BCUT2D eigenvalue weighted by Crippen LogP contribution is -2.56. The van der Waals surface area contributed by atoms with Crippen LogP contribution >= 0.6 is 0 Å². The summed E-state index contributed by atoms with van der Waals surface area (Å²) >= 11 is 0. The molecule has 25 heavy (non-hydrogen) atoms. The zero-order chi connectivity index (χ0) is 17.6. The fourth-order valence-electron chi connectivity index (χ4n) is 3.66. The maximum atomic E-state index is 12.4. The first-order chi connectivity index (χ1) is 12.1. The van der Waals surface area contributed by atoms with E-state index in [9.17, 15) is 9.59 Å². The Balaban J connectivity index is 1.46. The van der Waals surface area contributed by atoms with Gasteiger partial charge in [-0.3, -0.25) is 4.79 Å². The molecule has 6 heteroatoms. The number of hydrogen-bond acceptors (Lipinski definition) is 3. The molecule has 0 aliphatic carbocycles. The van der Waals surface area contributed by atoms with Crippen molar-refractivity contribution in [2.24, 2.45) is 0 Å². The third-order valence-electron chi connectivity index (χ3n) is 5.10. The van der Waals surface area contributed by atoms with Gasteiger partial charge in [-0.25, -0.2) is 4.79 Å². The Morgan fingerprint density at radius 2 is 1.72 bits per heavy atom. The van der Waals surface area contributed by atoms with Gasteiger partial charge in [0.2, 0.25) is 5.91 Å². The lowest BCUT2D eigenvalue weighted by atomic mass is 10.1. The quantitative estimate of drug-likeness (QED) is 0.911. The number of benzene rings is 1. The van der Waals surface area contributed by atoms with Crippen molar-refractivity contribution in [1.82, 2.24) is 15.1 Å². The molecule has 2 saturated heterocycles. The summed E-state index contributed by atoms with van der Waals surface area (Å²) in [7, 11) is 0. The van der Waals surface area contributed by atoms with Crippen molar-refractivity contribution in [2.45, 2.75) is 32.2 Å². The van der Waals surface area contributed by atoms with Crippen molar-refractivity contribution in [3.8, 4) is 0 Å². The molecule has 3 amide bonds. The van der Waals surface area contributed by atoms with Crippen molar-refractivity contribution < 1.29 is 9.59 Å². The van der Waals surface area contributed by atoms with E-state index in [0.29, 0.717) is 13.1 Å². The van der Waals surface area contributed by atoms with Crippen LogP contribution in [0.1, 0.15) is 26.2 Å². The number of hydrogen-bond donors (Lipinski definition) is 1. The number of carbonyl (C=O) groups excluding carboxylic acids is 2. The normalized spacial score (nSPS) is 21.2. The van der Waals surface area contributed by atoms with Crippen molar-refractivity contribution >= 4 is 17.6 Å². The van der Waals surface area contributed by atoms with E-state index in [1.807, 2.05) is 28.0 Å². The number of anilines is 1. The van der Waals surface area contributed by atoms with Crippen molar-refractivity contribution in [2.75, 3.05) is 44.2 Å². The van der Waals surface area contributed by atoms with Gasteiger partial charge in [0.25, 0.3) is 0 Å². The predicted octanol–water partition coefficient (Wildman–Crippen LogP) is 1.92. The molecule has 2 heterocycles. The zero-order valence-corrected chi connectivity index (χ0v) is 15.0. The summed E-state index contributed by atoms with van der Waals surface area (Å²) in [5.41, 5.74) is 1.19. The molecule has 0 saturated carbocycles. The number of para-hydroxylation sites is 1. The summed E-state index contributed by atoms with van der Waals surface area (Å²) < 4.78 is 0. The van der Waals surface area contributed by atoms with Crippen LogP contribution in [0, 0.1) is 0 Å². The third kappa shape index (κ3) is 4.44. The van der Waals surface area contributed by atoms with Crippen LogP contribution in [-0.4, -0.2) is 67.0 Å². The highest BCUT2D eigenvalue weighted by Crippen LogP contribution is 2.20. The maximum absolute atomic E-state index is 12.4. The van der Waals surface area contributed by atoms with E-state index in [4.69, 9.17) is 0 Å². The second-order valence-electron chi connectivity index (χ2n) is 6.92.